The first-order valence-corrected chi connectivity index (χ1v) is 11.0. The number of amides is 1. The Morgan fingerprint density at radius 1 is 1.26 bits per heavy atom. The summed E-state index contributed by atoms with van der Waals surface area (Å²) in [5.74, 6) is 0.164. The van der Waals surface area contributed by atoms with Gasteiger partial charge in [0, 0.05) is 24.8 Å². The van der Waals surface area contributed by atoms with E-state index in [1.807, 2.05) is 6.20 Å². The van der Waals surface area contributed by atoms with Gasteiger partial charge >= 0.3 is 0 Å². The fraction of sp³-hybridized carbons (Fsp3) is 0.542. The van der Waals surface area contributed by atoms with Crippen LogP contribution in [0.5, 0.6) is 0 Å². The number of nitrogens with zero attached hydrogens (tertiary/aromatic N) is 3. The molecule has 1 N–H and O–H groups in total. The van der Waals surface area contributed by atoms with E-state index in [-0.39, 0.29) is 41.8 Å². The first-order valence-electron chi connectivity index (χ1n) is 11.0. The topological polar surface area (TPSA) is 67.4 Å². The zero-order valence-corrected chi connectivity index (χ0v) is 18.7. The van der Waals surface area contributed by atoms with Crippen LogP contribution in [0.15, 0.2) is 30.5 Å². The minimum Gasteiger partial charge on any atom is -0.372 e. The molecule has 0 radical (unpaired) electrons. The zero-order valence-electron chi connectivity index (χ0n) is 18.7. The molecule has 4 rings (SSSR count). The first kappa shape index (κ1) is 21.7. The quantitative estimate of drug-likeness (QED) is 0.809. The summed E-state index contributed by atoms with van der Waals surface area (Å²) in [6.45, 7) is 10.0. The molecule has 0 saturated carbocycles. The smallest absolute Gasteiger partial charge is 0.225 e. The SMILES string of the molecule is C[C@@H]1CN(c2ncc3c(n2)CC(C)(C)C[C@H]3NC(=O)Cc2ccccc2F)C[C@H](C)O1. The number of halogens is 1. The standard InChI is InChI=1S/C24H31FN4O2/c1-15-13-29(14-16(2)31-15)23-26-12-18-20(10-24(3,4)11-21(18)28-23)27-22(30)9-17-7-5-6-8-19(17)25/h5-8,12,15-16,20H,9-11,13-14H2,1-4H3,(H,27,30)/t15-,16+,20-/m1/s1. The van der Waals surface area contributed by atoms with Gasteiger partial charge in [-0.3, -0.25) is 4.79 Å². The number of carbonyl (C=O) groups is 1. The van der Waals surface area contributed by atoms with Gasteiger partial charge in [-0.25, -0.2) is 14.4 Å². The number of hydrogen-bond acceptors (Lipinski definition) is 5. The van der Waals surface area contributed by atoms with Gasteiger partial charge in [0.25, 0.3) is 0 Å². The van der Waals surface area contributed by atoms with Gasteiger partial charge in [-0.2, -0.15) is 0 Å². The monoisotopic (exact) mass is 426 g/mol. The molecule has 31 heavy (non-hydrogen) atoms. The van der Waals surface area contributed by atoms with E-state index in [2.05, 4.69) is 42.9 Å². The Bertz CT molecular complexity index is 954. The van der Waals surface area contributed by atoms with Crippen LogP contribution >= 0.6 is 0 Å². The predicted molar refractivity (Wildman–Crippen MR) is 117 cm³/mol. The van der Waals surface area contributed by atoms with Crippen LogP contribution in [-0.2, 0) is 22.4 Å². The van der Waals surface area contributed by atoms with Crippen LogP contribution in [0.3, 0.4) is 0 Å². The van der Waals surface area contributed by atoms with Crippen molar-refractivity contribution in [2.24, 2.45) is 5.41 Å². The molecule has 0 unspecified atom stereocenters. The Morgan fingerprint density at radius 3 is 2.68 bits per heavy atom. The molecule has 3 atom stereocenters. The lowest BCUT2D eigenvalue weighted by molar-refractivity contribution is -0.121. The van der Waals surface area contributed by atoms with E-state index in [4.69, 9.17) is 9.72 Å². The minimum atomic E-state index is -0.357. The van der Waals surface area contributed by atoms with Crippen molar-refractivity contribution < 1.29 is 13.9 Å². The third kappa shape index (κ3) is 5.03. The molecular formula is C24H31FN4O2. The molecule has 0 bridgehead atoms. The second-order valence-electron chi connectivity index (χ2n) is 9.67. The van der Waals surface area contributed by atoms with Gasteiger partial charge in [-0.15, -0.1) is 0 Å². The van der Waals surface area contributed by atoms with E-state index in [1.54, 1.807) is 18.2 Å². The van der Waals surface area contributed by atoms with Crippen molar-refractivity contribution in [1.82, 2.24) is 15.3 Å². The average Bonchev–Trinajstić information content (AvgIpc) is 2.67. The summed E-state index contributed by atoms with van der Waals surface area (Å²) in [6, 6.07) is 6.21. The zero-order chi connectivity index (χ0) is 22.2. The second-order valence-corrected chi connectivity index (χ2v) is 9.67. The number of fused-ring (bicyclic) bond motifs is 1. The molecular weight excluding hydrogens is 395 g/mol. The van der Waals surface area contributed by atoms with Gasteiger partial charge in [-0.1, -0.05) is 32.0 Å². The number of nitrogens with one attached hydrogen (secondary N) is 1. The number of morpholine rings is 1. The Hall–Kier alpha value is -2.54. The van der Waals surface area contributed by atoms with Gasteiger partial charge in [0.2, 0.25) is 11.9 Å². The molecule has 1 amide bonds. The summed E-state index contributed by atoms with van der Waals surface area (Å²) in [6.07, 6.45) is 3.74. The third-order valence-corrected chi connectivity index (χ3v) is 6.01. The van der Waals surface area contributed by atoms with Crippen molar-refractivity contribution in [2.45, 2.75) is 65.2 Å². The lowest BCUT2D eigenvalue weighted by atomic mass is 9.74. The van der Waals surface area contributed by atoms with Crippen molar-refractivity contribution >= 4 is 11.9 Å². The Morgan fingerprint density at radius 2 is 1.97 bits per heavy atom. The molecule has 1 aromatic heterocycles. The lowest BCUT2D eigenvalue weighted by Crippen LogP contribution is -2.46. The molecule has 2 aromatic rings. The van der Waals surface area contributed by atoms with Crippen LogP contribution in [0.25, 0.3) is 0 Å². The van der Waals surface area contributed by atoms with Crippen molar-refractivity contribution in [3.05, 3.63) is 53.1 Å². The highest BCUT2D eigenvalue weighted by molar-refractivity contribution is 5.79. The van der Waals surface area contributed by atoms with Crippen molar-refractivity contribution in [3.63, 3.8) is 0 Å². The van der Waals surface area contributed by atoms with Crippen molar-refractivity contribution in [2.75, 3.05) is 18.0 Å². The van der Waals surface area contributed by atoms with Gasteiger partial charge in [0.1, 0.15) is 5.82 Å². The molecule has 1 aliphatic heterocycles. The lowest BCUT2D eigenvalue weighted by Gasteiger charge is -2.38. The summed E-state index contributed by atoms with van der Waals surface area (Å²) in [5.41, 5.74) is 2.32. The van der Waals surface area contributed by atoms with E-state index in [1.165, 1.54) is 6.07 Å². The fourth-order valence-electron chi connectivity index (χ4n) is 4.72. The molecule has 1 saturated heterocycles. The van der Waals surface area contributed by atoms with Crippen LogP contribution in [0.4, 0.5) is 10.3 Å². The van der Waals surface area contributed by atoms with Gasteiger partial charge in [0.05, 0.1) is 30.4 Å². The van der Waals surface area contributed by atoms with Gasteiger partial charge < -0.3 is 15.0 Å². The van der Waals surface area contributed by atoms with Crippen molar-refractivity contribution in [1.29, 1.82) is 0 Å². The maximum absolute atomic E-state index is 14.0. The number of carbonyl (C=O) groups excluding carboxylic acids is 1. The summed E-state index contributed by atoms with van der Waals surface area (Å²) in [4.78, 5) is 24.4. The van der Waals surface area contributed by atoms with E-state index in [0.29, 0.717) is 5.56 Å². The largest absolute Gasteiger partial charge is 0.372 e. The number of benzene rings is 1. The van der Waals surface area contributed by atoms with Gasteiger partial charge in [0.15, 0.2) is 0 Å². The van der Waals surface area contributed by atoms with Crippen LogP contribution in [-0.4, -0.2) is 41.2 Å². The highest BCUT2D eigenvalue weighted by atomic mass is 19.1. The van der Waals surface area contributed by atoms with E-state index < -0.39 is 0 Å². The highest BCUT2D eigenvalue weighted by Crippen LogP contribution is 2.40. The normalized spacial score (nSPS) is 25.1. The fourth-order valence-corrected chi connectivity index (χ4v) is 4.72. The molecule has 7 heteroatoms. The Balaban J connectivity index is 1.54. The van der Waals surface area contributed by atoms with Crippen LogP contribution in [0.1, 0.15) is 57.0 Å². The first-order chi connectivity index (χ1) is 14.7. The summed E-state index contributed by atoms with van der Waals surface area (Å²) in [5, 5.41) is 3.10. The molecule has 1 aliphatic carbocycles. The number of hydrogen-bond donors (Lipinski definition) is 1. The third-order valence-electron chi connectivity index (χ3n) is 6.01. The molecule has 6 nitrogen and oxygen atoms in total. The maximum atomic E-state index is 14.0. The van der Waals surface area contributed by atoms with Crippen molar-refractivity contribution in [3.8, 4) is 0 Å². The Kier molecular flexibility index (Phi) is 5.97. The minimum absolute atomic E-state index is 0.0137. The van der Waals surface area contributed by atoms with Gasteiger partial charge in [-0.05, 0) is 43.7 Å². The average molecular weight is 427 g/mol. The maximum Gasteiger partial charge on any atom is 0.225 e. The van der Waals surface area contributed by atoms with Crippen LogP contribution in [0, 0.1) is 11.2 Å². The number of anilines is 1. The van der Waals surface area contributed by atoms with Crippen LogP contribution in [0.2, 0.25) is 0 Å². The second kappa shape index (κ2) is 8.54. The molecule has 1 fully saturated rings. The Labute approximate surface area is 183 Å². The van der Waals surface area contributed by atoms with Crippen LogP contribution < -0.4 is 10.2 Å². The molecule has 0 spiro atoms. The molecule has 166 valence electrons. The predicted octanol–water partition coefficient (Wildman–Crippen LogP) is 3.60. The summed E-state index contributed by atoms with van der Waals surface area (Å²) < 4.78 is 19.8. The molecule has 2 heterocycles. The molecule has 1 aromatic carbocycles. The number of ether oxygens (including phenoxy) is 1. The summed E-state index contributed by atoms with van der Waals surface area (Å²) in [7, 11) is 0. The van der Waals surface area contributed by atoms with E-state index in [0.717, 1.165) is 43.1 Å². The highest BCUT2D eigenvalue weighted by Gasteiger charge is 2.35. The number of aromatic nitrogens is 2. The number of rotatable bonds is 4. The van der Waals surface area contributed by atoms with E-state index in [9.17, 15) is 9.18 Å². The summed E-state index contributed by atoms with van der Waals surface area (Å²) >= 11 is 0. The molecule has 2 aliphatic rings. The van der Waals surface area contributed by atoms with E-state index >= 15 is 0 Å².